The molecule has 0 bridgehead atoms. The molecule has 17 heavy (non-hydrogen) atoms. The second-order valence-electron chi connectivity index (χ2n) is 6.23. The largest absolute Gasteiger partial charge is 0.390 e. The maximum Gasteiger partial charge on any atom is 0.0880 e. The number of nitrogens with zero attached hydrogens (tertiary/aromatic N) is 1. The average molecular weight is 243 g/mol. The van der Waals surface area contributed by atoms with E-state index in [1.807, 2.05) is 13.8 Å². The van der Waals surface area contributed by atoms with Crippen LogP contribution in [-0.4, -0.2) is 48.0 Å². The van der Waals surface area contributed by atoms with Crippen LogP contribution >= 0.6 is 0 Å². The maximum atomic E-state index is 10.1. The highest BCUT2D eigenvalue weighted by molar-refractivity contribution is 4.87. The fraction of sp³-hybridized carbons (Fsp3) is 1.00. The van der Waals surface area contributed by atoms with Gasteiger partial charge in [0.2, 0.25) is 0 Å². The molecule has 0 amide bonds. The molecule has 0 saturated heterocycles. The Morgan fingerprint density at radius 2 is 1.94 bits per heavy atom. The fourth-order valence-electron chi connectivity index (χ4n) is 2.10. The van der Waals surface area contributed by atoms with Crippen LogP contribution in [0.2, 0.25) is 0 Å². The molecule has 1 aliphatic rings. The number of aliphatic hydroxyl groups is 1. The summed E-state index contributed by atoms with van der Waals surface area (Å²) in [6, 6.07) is 0.773. The molecule has 0 radical (unpaired) electrons. The number of methoxy groups -OCH3 is 1. The number of aliphatic hydroxyl groups excluding tert-OH is 1. The van der Waals surface area contributed by atoms with E-state index < -0.39 is 5.60 Å². The Morgan fingerprint density at radius 3 is 2.35 bits per heavy atom. The van der Waals surface area contributed by atoms with Gasteiger partial charge in [-0.25, -0.2) is 0 Å². The van der Waals surface area contributed by atoms with E-state index in [-0.39, 0.29) is 6.10 Å². The molecule has 0 aliphatic heterocycles. The minimum Gasteiger partial charge on any atom is -0.390 e. The Balaban J connectivity index is 2.36. The van der Waals surface area contributed by atoms with Gasteiger partial charge in [0.05, 0.1) is 11.7 Å². The van der Waals surface area contributed by atoms with Gasteiger partial charge in [0.15, 0.2) is 0 Å². The molecule has 1 atom stereocenters. The molecule has 3 nitrogen and oxygen atoms in total. The van der Waals surface area contributed by atoms with E-state index in [2.05, 4.69) is 18.7 Å². The van der Waals surface area contributed by atoms with Crippen molar-refractivity contribution in [2.45, 2.75) is 64.7 Å². The minimum atomic E-state index is -0.437. The molecule has 0 aromatic heterocycles. The van der Waals surface area contributed by atoms with Crippen molar-refractivity contribution in [2.75, 3.05) is 20.2 Å². The van der Waals surface area contributed by atoms with Gasteiger partial charge >= 0.3 is 0 Å². The fourth-order valence-corrected chi connectivity index (χ4v) is 2.10. The molecule has 1 saturated carbocycles. The quantitative estimate of drug-likeness (QED) is 0.710. The highest BCUT2D eigenvalue weighted by Crippen LogP contribution is 2.28. The monoisotopic (exact) mass is 243 g/mol. The molecule has 1 N–H and O–H groups in total. The lowest BCUT2D eigenvalue weighted by atomic mass is 9.98. The first-order valence-electron chi connectivity index (χ1n) is 6.84. The number of ether oxygens (including phenoxy) is 1. The molecule has 1 aliphatic carbocycles. The van der Waals surface area contributed by atoms with Crippen LogP contribution in [0.4, 0.5) is 0 Å². The molecule has 1 unspecified atom stereocenters. The van der Waals surface area contributed by atoms with E-state index >= 15 is 0 Å². The molecule has 3 heteroatoms. The zero-order valence-electron chi connectivity index (χ0n) is 12.1. The van der Waals surface area contributed by atoms with Crippen molar-refractivity contribution < 1.29 is 9.84 Å². The molecule has 0 aromatic rings. The molecular formula is C14H29NO2. The van der Waals surface area contributed by atoms with Crippen LogP contribution in [0, 0.1) is 5.92 Å². The number of hydrogen-bond acceptors (Lipinski definition) is 3. The standard InChI is InChI=1S/C14H29NO2/c1-11(2)10-15(12-6-7-12)9-8-13(16)14(3,4)17-5/h11-13,16H,6-10H2,1-5H3. The van der Waals surface area contributed by atoms with E-state index in [4.69, 9.17) is 4.74 Å². The smallest absolute Gasteiger partial charge is 0.0880 e. The summed E-state index contributed by atoms with van der Waals surface area (Å²) in [5, 5.41) is 10.1. The first-order valence-corrected chi connectivity index (χ1v) is 6.84. The van der Waals surface area contributed by atoms with Crippen LogP contribution in [0.3, 0.4) is 0 Å². The lowest BCUT2D eigenvalue weighted by Gasteiger charge is -2.31. The van der Waals surface area contributed by atoms with Gasteiger partial charge in [-0.05, 0) is 39.0 Å². The zero-order valence-corrected chi connectivity index (χ0v) is 12.1. The van der Waals surface area contributed by atoms with E-state index in [0.717, 1.165) is 25.6 Å². The third-order valence-electron chi connectivity index (χ3n) is 3.68. The van der Waals surface area contributed by atoms with Gasteiger partial charge in [0.25, 0.3) is 0 Å². The molecule has 0 heterocycles. The van der Waals surface area contributed by atoms with Crippen molar-refractivity contribution >= 4 is 0 Å². The van der Waals surface area contributed by atoms with Crippen LogP contribution < -0.4 is 0 Å². The lowest BCUT2D eigenvalue weighted by Crippen LogP contribution is -2.41. The number of rotatable bonds is 8. The van der Waals surface area contributed by atoms with Crippen molar-refractivity contribution in [1.29, 1.82) is 0 Å². The van der Waals surface area contributed by atoms with Crippen LogP contribution in [0.25, 0.3) is 0 Å². The molecule has 102 valence electrons. The van der Waals surface area contributed by atoms with Gasteiger partial charge in [-0.3, -0.25) is 0 Å². The predicted octanol–water partition coefficient (Wildman–Crippen LogP) is 2.28. The summed E-state index contributed by atoms with van der Waals surface area (Å²) in [7, 11) is 1.66. The summed E-state index contributed by atoms with van der Waals surface area (Å²) in [6.45, 7) is 10.5. The third kappa shape index (κ3) is 4.94. The second kappa shape index (κ2) is 6.17. The summed E-state index contributed by atoms with van der Waals surface area (Å²) >= 11 is 0. The van der Waals surface area contributed by atoms with Gasteiger partial charge in [0.1, 0.15) is 0 Å². The Labute approximate surface area is 106 Å². The summed E-state index contributed by atoms with van der Waals surface area (Å²) in [6.07, 6.45) is 3.07. The van der Waals surface area contributed by atoms with Crippen LogP contribution in [-0.2, 0) is 4.74 Å². The summed E-state index contributed by atoms with van der Waals surface area (Å²) in [4.78, 5) is 2.53. The summed E-state index contributed by atoms with van der Waals surface area (Å²) < 4.78 is 5.32. The lowest BCUT2D eigenvalue weighted by molar-refractivity contribution is -0.0827. The van der Waals surface area contributed by atoms with Crippen molar-refractivity contribution in [3.05, 3.63) is 0 Å². The first kappa shape index (κ1) is 14.9. The predicted molar refractivity (Wildman–Crippen MR) is 71.1 cm³/mol. The Hall–Kier alpha value is -0.120. The van der Waals surface area contributed by atoms with Gasteiger partial charge in [0, 0.05) is 26.2 Å². The molecule has 1 rings (SSSR count). The van der Waals surface area contributed by atoms with Gasteiger partial charge in [-0.2, -0.15) is 0 Å². The van der Waals surface area contributed by atoms with Gasteiger partial charge < -0.3 is 14.7 Å². The van der Waals surface area contributed by atoms with E-state index in [9.17, 15) is 5.11 Å². The topological polar surface area (TPSA) is 32.7 Å². The molecule has 1 fully saturated rings. The first-order chi connectivity index (χ1) is 7.86. The summed E-state index contributed by atoms with van der Waals surface area (Å²) in [5.74, 6) is 0.697. The summed E-state index contributed by atoms with van der Waals surface area (Å²) in [5.41, 5.74) is -0.437. The SMILES string of the molecule is COC(C)(C)C(O)CCN(CC(C)C)C1CC1. The average Bonchev–Trinajstić information content (AvgIpc) is 3.06. The Morgan fingerprint density at radius 1 is 1.35 bits per heavy atom. The molecular weight excluding hydrogens is 214 g/mol. The highest BCUT2D eigenvalue weighted by atomic mass is 16.5. The van der Waals surface area contributed by atoms with E-state index in [0.29, 0.717) is 5.92 Å². The highest BCUT2D eigenvalue weighted by Gasteiger charge is 2.32. The van der Waals surface area contributed by atoms with E-state index in [1.54, 1.807) is 7.11 Å². The van der Waals surface area contributed by atoms with Gasteiger partial charge in [-0.1, -0.05) is 13.8 Å². The van der Waals surface area contributed by atoms with Crippen molar-refractivity contribution in [2.24, 2.45) is 5.92 Å². The normalized spacial score (nSPS) is 19.1. The molecule has 0 aromatic carbocycles. The van der Waals surface area contributed by atoms with Crippen molar-refractivity contribution in [3.8, 4) is 0 Å². The van der Waals surface area contributed by atoms with E-state index in [1.165, 1.54) is 12.8 Å². The minimum absolute atomic E-state index is 0.388. The molecule has 0 spiro atoms. The second-order valence-corrected chi connectivity index (χ2v) is 6.23. The van der Waals surface area contributed by atoms with Crippen molar-refractivity contribution in [1.82, 2.24) is 4.90 Å². The Kier molecular flexibility index (Phi) is 5.42. The van der Waals surface area contributed by atoms with Crippen LogP contribution in [0.1, 0.15) is 47.0 Å². The maximum absolute atomic E-state index is 10.1. The zero-order chi connectivity index (χ0) is 13.1. The van der Waals surface area contributed by atoms with Gasteiger partial charge in [-0.15, -0.1) is 0 Å². The number of hydrogen-bond donors (Lipinski definition) is 1. The Bertz CT molecular complexity index is 224. The third-order valence-corrected chi connectivity index (χ3v) is 3.68. The van der Waals surface area contributed by atoms with Crippen molar-refractivity contribution in [3.63, 3.8) is 0 Å². The van der Waals surface area contributed by atoms with Crippen LogP contribution in [0.15, 0.2) is 0 Å². The van der Waals surface area contributed by atoms with Crippen LogP contribution in [0.5, 0.6) is 0 Å².